The molecule has 0 spiro atoms. The lowest BCUT2D eigenvalue weighted by Crippen LogP contribution is -2.49. The molecule has 8 heteroatoms. The molecule has 3 N–H and O–H groups in total. The van der Waals surface area contributed by atoms with Gasteiger partial charge in [0.1, 0.15) is 23.9 Å². The number of phenols is 1. The summed E-state index contributed by atoms with van der Waals surface area (Å²) in [7, 11) is 0. The van der Waals surface area contributed by atoms with Crippen molar-refractivity contribution < 1.29 is 24.2 Å². The van der Waals surface area contributed by atoms with Gasteiger partial charge < -0.3 is 25.4 Å². The van der Waals surface area contributed by atoms with Gasteiger partial charge in [0.25, 0.3) is 5.91 Å². The third kappa shape index (κ3) is 6.97. The number of benzene rings is 2. The highest BCUT2D eigenvalue weighted by Gasteiger charge is 2.35. The van der Waals surface area contributed by atoms with Crippen LogP contribution in [0.3, 0.4) is 0 Å². The first-order valence-corrected chi connectivity index (χ1v) is 11.2. The Bertz CT molecular complexity index is 1020. The quantitative estimate of drug-likeness (QED) is 0.555. The van der Waals surface area contributed by atoms with E-state index in [1.54, 1.807) is 52.8 Å². The van der Waals surface area contributed by atoms with Gasteiger partial charge in [-0.25, -0.2) is 4.79 Å². The smallest absolute Gasteiger partial charge is 0.408 e. The summed E-state index contributed by atoms with van der Waals surface area (Å²) in [4.78, 5) is 40.3. The molecule has 0 heterocycles. The van der Waals surface area contributed by atoms with Crippen LogP contribution in [0.5, 0.6) is 5.75 Å². The topological polar surface area (TPSA) is 108 Å². The Hall–Kier alpha value is -3.55. The Balaban J connectivity index is 2.41. The Labute approximate surface area is 201 Å². The lowest BCUT2D eigenvalue weighted by Gasteiger charge is -2.35. The number of aromatic hydroxyl groups is 1. The number of anilines is 1. The van der Waals surface area contributed by atoms with Gasteiger partial charge in [0.2, 0.25) is 5.91 Å². The van der Waals surface area contributed by atoms with E-state index in [1.807, 2.05) is 32.0 Å². The largest absolute Gasteiger partial charge is 0.508 e. The predicted molar refractivity (Wildman–Crippen MR) is 132 cm³/mol. The molecular formula is C26H35N3O5. The second kappa shape index (κ2) is 11.0. The van der Waals surface area contributed by atoms with Crippen LogP contribution in [0.4, 0.5) is 10.5 Å². The number of hydrogen-bond donors (Lipinski definition) is 3. The molecule has 0 fully saturated rings. The van der Waals surface area contributed by atoms with E-state index < -0.39 is 35.6 Å². The van der Waals surface area contributed by atoms with Crippen molar-refractivity contribution in [2.45, 2.75) is 66.2 Å². The predicted octanol–water partition coefficient (Wildman–Crippen LogP) is 4.45. The maximum atomic E-state index is 13.6. The molecular weight excluding hydrogens is 434 g/mol. The number of phenolic OH excluding ortho intramolecular Hbond substituents is 1. The molecule has 2 rings (SSSR count). The molecule has 1 atom stereocenters. The van der Waals surface area contributed by atoms with Gasteiger partial charge in [0, 0.05) is 17.3 Å². The Morgan fingerprint density at radius 2 is 1.59 bits per heavy atom. The molecule has 0 saturated carbocycles. The summed E-state index contributed by atoms with van der Waals surface area (Å²) < 4.78 is 5.21. The molecule has 8 nitrogen and oxygen atoms in total. The standard InChI is InChI=1S/C26H35N3O5/c1-16(2)29(21(31)15-27-25(33)34-26(5,6)7)23(19-13-8-9-14-20(19)30)24(32)28-22-17(3)11-10-12-18(22)4/h8-14,16,23,30H,15H2,1-7H3,(H,27,33)(H,28,32). The molecule has 0 aliphatic heterocycles. The number of nitrogens with one attached hydrogen (secondary N) is 2. The van der Waals surface area contributed by atoms with E-state index in [-0.39, 0.29) is 17.9 Å². The maximum Gasteiger partial charge on any atom is 0.408 e. The number of ether oxygens (including phenoxy) is 1. The minimum atomic E-state index is -1.13. The number of nitrogens with zero attached hydrogens (tertiary/aromatic N) is 1. The van der Waals surface area contributed by atoms with Gasteiger partial charge in [-0.15, -0.1) is 0 Å². The second-order valence-electron chi connectivity index (χ2n) is 9.47. The van der Waals surface area contributed by atoms with E-state index in [4.69, 9.17) is 4.74 Å². The molecule has 0 aromatic heterocycles. The fourth-order valence-electron chi connectivity index (χ4n) is 3.62. The summed E-state index contributed by atoms with van der Waals surface area (Å²) in [6, 6.07) is 10.5. The van der Waals surface area contributed by atoms with Crippen molar-refractivity contribution >= 4 is 23.6 Å². The molecule has 184 valence electrons. The van der Waals surface area contributed by atoms with Crippen molar-refractivity contribution in [3.8, 4) is 5.75 Å². The first-order valence-electron chi connectivity index (χ1n) is 11.2. The van der Waals surface area contributed by atoms with Crippen molar-refractivity contribution in [1.29, 1.82) is 0 Å². The van der Waals surface area contributed by atoms with Crippen LogP contribution >= 0.6 is 0 Å². The zero-order chi connectivity index (χ0) is 25.6. The van der Waals surface area contributed by atoms with Gasteiger partial charge in [-0.3, -0.25) is 9.59 Å². The van der Waals surface area contributed by atoms with Crippen molar-refractivity contribution in [3.05, 3.63) is 59.2 Å². The molecule has 0 radical (unpaired) electrons. The van der Waals surface area contributed by atoms with Crippen LogP contribution in [0.1, 0.15) is 57.4 Å². The molecule has 2 aromatic carbocycles. The SMILES string of the molecule is Cc1cccc(C)c1NC(=O)C(c1ccccc1O)N(C(=O)CNC(=O)OC(C)(C)C)C(C)C. The molecule has 3 amide bonds. The molecule has 0 aliphatic carbocycles. The lowest BCUT2D eigenvalue weighted by molar-refractivity contribution is -0.140. The number of amides is 3. The van der Waals surface area contributed by atoms with Gasteiger partial charge in [-0.05, 0) is 65.7 Å². The average Bonchev–Trinajstić information content (AvgIpc) is 2.72. The summed E-state index contributed by atoms with van der Waals surface area (Å²) >= 11 is 0. The van der Waals surface area contributed by atoms with Gasteiger partial charge in [-0.1, -0.05) is 36.4 Å². The number of aryl methyl sites for hydroxylation is 2. The number of alkyl carbamates (subject to hydrolysis) is 1. The highest BCUT2D eigenvalue weighted by atomic mass is 16.6. The normalized spacial score (nSPS) is 12.1. The zero-order valence-corrected chi connectivity index (χ0v) is 20.9. The van der Waals surface area contributed by atoms with Gasteiger partial charge in [-0.2, -0.15) is 0 Å². The highest BCUT2D eigenvalue weighted by molar-refractivity contribution is 5.99. The van der Waals surface area contributed by atoms with E-state index in [1.165, 1.54) is 11.0 Å². The van der Waals surface area contributed by atoms with Crippen LogP contribution in [0, 0.1) is 13.8 Å². The minimum Gasteiger partial charge on any atom is -0.508 e. The Morgan fingerprint density at radius 3 is 2.12 bits per heavy atom. The molecule has 1 unspecified atom stereocenters. The third-order valence-corrected chi connectivity index (χ3v) is 5.11. The van der Waals surface area contributed by atoms with Gasteiger partial charge in [0.05, 0.1) is 0 Å². The summed E-state index contributed by atoms with van der Waals surface area (Å²) in [6.07, 6.45) is -0.733. The zero-order valence-electron chi connectivity index (χ0n) is 20.9. The van der Waals surface area contributed by atoms with Crippen LogP contribution in [-0.2, 0) is 14.3 Å². The fraction of sp³-hybridized carbons (Fsp3) is 0.423. The number of para-hydroxylation sites is 2. The van der Waals surface area contributed by atoms with Crippen LogP contribution in [-0.4, -0.2) is 46.1 Å². The van der Waals surface area contributed by atoms with Crippen LogP contribution in [0.15, 0.2) is 42.5 Å². The van der Waals surface area contributed by atoms with Crippen molar-refractivity contribution in [3.63, 3.8) is 0 Å². The molecule has 0 saturated heterocycles. The molecule has 0 aliphatic rings. The number of carbonyl (C=O) groups is 3. The lowest BCUT2D eigenvalue weighted by atomic mass is 10.0. The maximum absolute atomic E-state index is 13.6. The summed E-state index contributed by atoms with van der Waals surface area (Å²) in [6.45, 7) is 12.1. The number of rotatable bonds is 7. The minimum absolute atomic E-state index is 0.109. The number of carbonyl (C=O) groups excluding carboxylic acids is 3. The van der Waals surface area contributed by atoms with Crippen molar-refractivity contribution in [2.75, 3.05) is 11.9 Å². The average molecular weight is 470 g/mol. The Kier molecular flexibility index (Phi) is 8.68. The van der Waals surface area contributed by atoms with E-state index >= 15 is 0 Å². The summed E-state index contributed by atoms with van der Waals surface area (Å²) in [5.41, 5.74) is 1.97. The van der Waals surface area contributed by atoms with E-state index in [0.29, 0.717) is 5.69 Å². The van der Waals surface area contributed by atoms with Crippen LogP contribution in [0.2, 0.25) is 0 Å². The second-order valence-corrected chi connectivity index (χ2v) is 9.47. The van der Waals surface area contributed by atoms with E-state index in [9.17, 15) is 19.5 Å². The third-order valence-electron chi connectivity index (χ3n) is 5.11. The van der Waals surface area contributed by atoms with Crippen molar-refractivity contribution in [1.82, 2.24) is 10.2 Å². The first kappa shape index (κ1) is 26.7. The number of hydrogen-bond acceptors (Lipinski definition) is 5. The first-order chi connectivity index (χ1) is 15.8. The summed E-state index contributed by atoms with van der Waals surface area (Å²) in [5.74, 6) is -1.08. The van der Waals surface area contributed by atoms with Gasteiger partial charge in [0.15, 0.2) is 0 Å². The van der Waals surface area contributed by atoms with E-state index in [2.05, 4.69) is 10.6 Å². The van der Waals surface area contributed by atoms with Crippen LogP contribution < -0.4 is 10.6 Å². The highest BCUT2D eigenvalue weighted by Crippen LogP contribution is 2.32. The van der Waals surface area contributed by atoms with Crippen molar-refractivity contribution in [2.24, 2.45) is 0 Å². The molecule has 0 bridgehead atoms. The Morgan fingerprint density at radius 1 is 1.00 bits per heavy atom. The fourth-order valence-corrected chi connectivity index (χ4v) is 3.62. The summed E-state index contributed by atoms with van der Waals surface area (Å²) in [5, 5.41) is 15.9. The molecule has 34 heavy (non-hydrogen) atoms. The van der Waals surface area contributed by atoms with E-state index in [0.717, 1.165) is 11.1 Å². The molecule has 2 aromatic rings. The monoisotopic (exact) mass is 469 g/mol. The van der Waals surface area contributed by atoms with Crippen LogP contribution in [0.25, 0.3) is 0 Å². The van der Waals surface area contributed by atoms with Gasteiger partial charge >= 0.3 is 6.09 Å².